The van der Waals surface area contributed by atoms with Crippen LogP contribution in [-0.2, 0) is 20.7 Å². The average Bonchev–Trinajstić information content (AvgIpc) is 2.82. The molecule has 1 heterocycles. The number of amides is 1. The SMILES string of the molecule is COc1ccc(CCC(=O)O[C@@H](C)C(=O)N2CCN(c3ccccc3)CC2)cc1OC. The second-order valence-corrected chi connectivity index (χ2v) is 7.47. The zero-order valence-corrected chi connectivity index (χ0v) is 18.4. The minimum absolute atomic E-state index is 0.146. The number of rotatable bonds is 8. The summed E-state index contributed by atoms with van der Waals surface area (Å²) >= 11 is 0. The van der Waals surface area contributed by atoms with Gasteiger partial charge in [0.05, 0.1) is 14.2 Å². The number of ether oxygens (including phenoxy) is 3. The first-order valence-corrected chi connectivity index (χ1v) is 10.5. The molecule has 2 aromatic rings. The predicted molar refractivity (Wildman–Crippen MR) is 119 cm³/mol. The van der Waals surface area contributed by atoms with E-state index in [0.29, 0.717) is 31.0 Å². The molecule has 1 aliphatic heterocycles. The number of hydrogen-bond donors (Lipinski definition) is 0. The molecule has 166 valence electrons. The van der Waals surface area contributed by atoms with Gasteiger partial charge in [-0.2, -0.15) is 0 Å². The van der Waals surface area contributed by atoms with Gasteiger partial charge in [-0.25, -0.2) is 0 Å². The topological polar surface area (TPSA) is 68.3 Å². The molecule has 0 aromatic heterocycles. The molecule has 0 spiro atoms. The van der Waals surface area contributed by atoms with E-state index in [0.717, 1.165) is 24.3 Å². The molecule has 3 rings (SSSR count). The van der Waals surface area contributed by atoms with Gasteiger partial charge in [-0.1, -0.05) is 24.3 Å². The highest BCUT2D eigenvalue weighted by Crippen LogP contribution is 2.28. The molecule has 2 aromatic carbocycles. The first-order valence-electron chi connectivity index (χ1n) is 10.5. The van der Waals surface area contributed by atoms with Gasteiger partial charge >= 0.3 is 5.97 Å². The Morgan fingerprint density at radius 1 is 0.935 bits per heavy atom. The molecule has 0 aliphatic carbocycles. The van der Waals surface area contributed by atoms with Crippen LogP contribution in [0.2, 0.25) is 0 Å². The average molecular weight is 427 g/mol. The highest BCUT2D eigenvalue weighted by molar-refractivity contribution is 5.83. The Morgan fingerprint density at radius 2 is 1.61 bits per heavy atom. The number of methoxy groups -OCH3 is 2. The number of anilines is 1. The van der Waals surface area contributed by atoms with Crippen molar-refractivity contribution in [1.29, 1.82) is 0 Å². The summed E-state index contributed by atoms with van der Waals surface area (Å²) in [6, 6.07) is 15.7. The van der Waals surface area contributed by atoms with Crippen LogP contribution in [0.5, 0.6) is 11.5 Å². The molecule has 1 fully saturated rings. The van der Waals surface area contributed by atoms with Gasteiger partial charge in [0.25, 0.3) is 5.91 Å². The van der Waals surface area contributed by atoms with E-state index in [2.05, 4.69) is 17.0 Å². The monoisotopic (exact) mass is 426 g/mol. The van der Waals surface area contributed by atoms with Crippen LogP contribution < -0.4 is 14.4 Å². The zero-order valence-electron chi connectivity index (χ0n) is 18.4. The van der Waals surface area contributed by atoms with Gasteiger partial charge in [0.2, 0.25) is 0 Å². The Balaban J connectivity index is 1.45. The van der Waals surface area contributed by atoms with Crippen molar-refractivity contribution >= 4 is 17.6 Å². The van der Waals surface area contributed by atoms with Crippen molar-refractivity contribution < 1.29 is 23.8 Å². The number of piperazine rings is 1. The molecule has 0 N–H and O–H groups in total. The standard InChI is InChI=1S/C24H30N2O5/c1-18(24(28)26-15-13-25(14-16-26)20-7-5-4-6-8-20)31-23(27)12-10-19-9-11-21(29-2)22(17-19)30-3/h4-9,11,17-18H,10,12-16H2,1-3H3/t18-/m0/s1. The maximum Gasteiger partial charge on any atom is 0.306 e. The van der Waals surface area contributed by atoms with Gasteiger partial charge < -0.3 is 24.0 Å². The molecule has 31 heavy (non-hydrogen) atoms. The van der Waals surface area contributed by atoms with Gasteiger partial charge in [0.15, 0.2) is 17.6 Å². The fourth-order valence-corrected chi connectivity index (χ4v) is 3.67. The fraction of sp³-hybridized carbons (Fsp3) is 0.417. The van der Waals surface area contributed by atoms with E-state index >= 15 is 0 Å². The first kappa shape index (κ1) is 22.5. The Labute approximate surface area is 183 Å². The lowest BCUT2D eigenvalue weighted by molar-refractivity contribution is -0.159. The summed E-state index contributed by atoms with van der Waals surface area (Å²) in [5, 5.41) is 0. The highest BCUT2D eigenvalue weighted by atomic mass is 16.5. The second-order valence-electron chi connectivity index (χ2n) is 7.47. The minimum Gasteiger partial charge on any atom is -0.493 e. The van der Waals surface area contributed by atoms with Crippen molar-refractivity contribution in [2.75, 3.05) is 45.3 Å². The normalized spacial score (nSPS) is 14.7. The number of esters is 1. The molecule has 0 bridgehead atoms. The lowest BCUT2D eigenvalue weighted by Crippen LogP contribution is -2.51. The fourth-order valence-electron chi connectivity index (χ4n) is 3.67. The molecule has 0 unspecified atom stereocenters. The smallest absolute Gasteiger partial charge is 0.306 e. The van der Waals surface area contributed by atoms with Gasteiger partial charge in [-0.3, -0.25) is 9.59 Å². The molecular weight excluding hydrogens is 396 g/mol. The summed E-state index contributed by atoms with van der Waals surface area (Å²) < 4.78 is 15.9. The Morgan fingerprint density at radius 3 is 2.26 bits per heavy atom. The molecule has 7 nitrogen and oxygen atoms in total. The van der Waals surface area contributed by atoms with Crippen molar-refractivity contribution in [3.05, 3.63) is 54.1 Å². The number of aryl methyl sites for hydroxylation is 1. The number of carbonyl (C=O) groups is 2. The molecule has 1 atom stereocenters. The van der Waals surface area contributed by atoms with E-state index in [1.807, 2.05) is 30.3 Å². The molecule has 1 saturated heterocycles. The van der Waals surface area contributed by atoms with Crippen LogP contribution in [0.25, 0.3) is 0 Å². The van der Waals surface area contributed by atoms with Crippen molar-refractivity contribution in [2.24, 2.45) is 0 Å². The maximum absolute atomic E-state index is 12.7. The molecule has 1 amide bonds. The predicted octanol–water partition coefficient (Wildman–Crippen LogP) is 2.92. The number of hydrogen-bond acceptors (Lipinski definition) is 6. The Hall–Kier alpha value is -3.22. The Kier molecular flexibility index (Phi) is 7.76. The second kappa shape index (κ2) is 10.7. The van der Waals surface area contributed by atoms with Crippen molar-refractivity contribution in [1.82, 2.24) is 4.90 Å². The molecule has 0 saturated carbocycles. The molecule has 1 aliphatic rings. The van der Waals surface area contributed by atoms with E-state index in [1.165, 1.54) is 0 Å². The van der Waals surface area contributed by atoms with Crippen molar-refractivity contribution in [3.63, 3.8) is 0 Å². The summed E-state index contributed by atoms with van der Waals surface area (Å²) in [6.45, 7) is 4.38. The number of para-hydroxylation sites is 1. The van der Waals surface area contributed by atoms with Crippen LogP contribution in [0.3, 0.4) is 0 Å². The van der Waals surface area contributed by atoms with E-state index in [9.17, 15) is 9.59 Å². The van der Waals surface area contributed by atoms with Crippen LogP contribution in [-0.4, -0.2) is 63.3 Å². The van der Waals surface area contributed by atoms with Crippen LogP contribution >= 0.6 is 0 Å². The number of nitrogens with zero attached hydrogens (tertiary/aromatic N) is 2. The first-order chi connectivity index (χ1) is 15.0. The quantitative estimate of drug-likeness (QED) is 0.605. The summed E-state index contributed by atoms with van der Waals surface area (Å²) in [4.78, 5) is 29.0. The van der Waals surface area contributed by atoms with E-state index in [4.69, 9.17) is 14.2 Å². The van der Waals surface area contributed by atoms with Crippen LogP contribution in [0.1, 0.15) is 18.9 Å². The van der Waals surface area contributed by atoms with Crippen LogP contribution in [0, 0.1) is 0 Å². The summed E-state index contributed by atoms with van der Waals surface area (Å²) in [5.74, 6) is 0.720. The lowest BCUT2D eigenvalue weighted by Gasteiger charge is -2.37. The van der Waals surface area contributed by atoms with Crippen molar-refractivity contribution in [2.45, 2.75) is 25.9 Å². The third-order valence-corrected chi connectivity index (χ3v) is 5.43. The zero-order chi connectivity index (χ0) is 22.2. The largest absolute Gasteiger partial charge is 0.493 e. The summed E-state index contributed by atoms with van der Waals surface area (Å²) in [6.07, 6.45) is -0.105. The van der Waals surface area contributed by atoms with Crippen LogP contribution in [0.4, 0.5) is 5.69 Å². The van der Waals surface area contributed by atoms with Crippen LogP contribution in [0.15, 0.2) is 48.5 Å². The van der Waals surface area contributed by atoms with E-state index in [-0.39, 0.29) is 12.3 Å². The number of benzene rings is 2. The van der Waals surface area contributed by atoms with Gasteiger partial charge in [-0.05, 0) is 43.2 Å². The number of carbonyl (C=O) groups excluding carboxylic acids is 2. The van der Waals surface area contributed by atoms with Gasteiger partial charge in [0.1, 0.15) is 0 Å². The third kappa shape index (κ3) is 5.90. The highest BCUT2D eigenvalue weighted by Gasteiger charge is 2.27. The third-order valence-electron chi connectivity index (χ3n) is 5.43. The summed E-state index contributed by atoms with van der Waals surface area (Å²) in [7, 11) is 3.15. The Bertz CT molecular complexity index is 879. The van der Waals surface area contributed by atoms with E-state index in [1.54, 1.807) is 32.1 Å². The molecule has 0 radical (unpaired) electrons. The summed E-state index contributed by atoms with van der Waals surface area (Å²) in [5.41, 5.74) is 2.09. The van der Waals surface area contributed by atoms with Gasteiger partial charge in [-0.15, -0.1) is 0 Å². The van der Waals surface area contributed by atoms with E-state index < -0.39 is 12.1 Å². The van der Waals surface area contributed by atoms with Crippen molar-refractivity contribution in [3.8, 4) is 11.5 Å². The molecule has 7 heteroatoms. The minimum atomic E-state index is -0.791. The maximum atomic E-state index is 12.7. The lowest BCUT2D eigenvalue weighted by atomic mass is 10.1. The van der Waals surface area contributed by atoms with Gasteiger partial charge in [0, 0.05) is 38.3 Å². The molecular formula is C24H30N2O5.